The fourth-order valence-electron chi connectivity index (χ4n) is 3.31. The van der Waals surface area contributed by atoms with E-state index in [1.807, 2.05) is 41.1 Å². The van der Waals surface area contributed by atoms with Crippen LogP contribution < -0.4 is 10.6 Å². The Morgan fingerprint density at radius 1 is 1.21 bits per heavy atom. The van der Waals surface area contributed by atoms with Gasteiger partial charge < -0.3 is 15.4 Å². The number of benzene rings is 1. The summed E-state index contributed by atoms with van der Waals surface area (Å²) in [6.45, 7) is 1.98. The molecule has 6 nitrogen and oxygen atoms in total. The standard InChI is InChI=1S/C21H18N2O4S2/c1-2-27-21(26)18-14(16-8-5-9-28-16)11-29-20(18)23-19(25)13-10-17(24)22-15-7-4-3-6-12(13)15/h3-9,11,13H,2,10H2,1H3,(H,22,24)(H,23,25). The van der Waals surface area contributed by atoms with Crippen LogP contribution in [-0.4, -0.2) is 24.4 Å². The zero-order valence-corrected chi connectivity index (χ0v) is 17.2. The molecule has 1 atom stereocenters. The summed E-state index contributed by atoms with van der Waals surface area (Å²) in [5.74, 6) is -1.63. The van der Waals surface area contributed by atoms with E-state index in [4.69, 9.17) is 4.74 Å². The van der Waals surface area contributed by atoms with Gasteiger partial charge in [0.05, 0.1) is 12.5 Å². The molecule has 0 saturated carbocycles. The predicted octanol–water partition coefficient (Wildman–Crippen LogP) is 4.72. The summed E-state index contributed by atoms with van der Waals surface area (Å²) in [6, 6.07) is 11.1. The van der Waals surface area contributed by atoms with E-state index in [1.165, 1.54) is 22.7 Å². The van der Waals surface area contributed by atoms with Crippen LogP contribution in [-0.2, 0) is 14.3 Å². The summed E-state index contributed by atoms with van der Waals surface area (Å²) >= 11 is 2.79. The Morgan fingerprint density at radius 3 is 2.79 bits per heavy atom. The van der Waals surface area contributed by atoms with Crippen LogP contribution in [0.3, 0.4) is 0 Å². The monoisotopic (exact) mass is 426 g/mol. The Balaban J connectivity index is 1.67. The van der Waals surface area contributed by atoms with Gasteiger partial charge in [-0.2, -0.15) is 0 Å². The van der Waals surface area contributed by atoms with E-state index in [2.05, 4.69) is 10.6 Å². The Morgan fingerprint density at radius 2 is 2.03 bits per heavy atom. The lowest BCUT2D eigenvalue weighted by atomic mass is 9.90. The van der Waals surface area contributed by atoms with E-state index in [0.29, 0.717) is 16.3 Å². The first kappa shape index (κ1) is 19.4. The van der Waals surface area contributed by atoms with Gasteiger partial charge in [-0.15, -0.1) is 22.7 Å². The average molecular weight is 427 g/mol. The molecule has 0 bridgehead atoms. The Bertz CT molecular complexity index is 1070. The summed E-state index contributed by atoms with van der Waals surface area (Å²) in [7, 11) is 0. The van der Waals surface area contributed by atoms with Gasteiger partial charge in [-0.25, -0.2) is 4.79 Å². The maximum absolute atomic E-state index is 13.1. The summed E-state index contributed by atoms with van der Waals surface area (Å²) in [6.07, 6.45) is 0.0563. The van der Waals surface area contributed by atoms with Gasteiger partial charge in [0, 0.05) is 27.9 Å². The molecular weight excluding hydrogens is 408 g/mol. The molecule has 2 aromatic heterocycles. The maximum atomic E-state index is 13.1. The molecule has 2 N–H and O–H groups in total. The molecule has 148 valence electrons. The van der Waals surface area contributed by atoms with Crippen molar-refractivity contribution < 1.29 is 19.1 Å². The van der Waals surface area contributed by atoms with Crippen molar-refractivity contribution in [2.75, 3.05) is 17.2 Å². The Labute approximate surface area is 175 Å². The lowest BCUT2D eigenvalue weighted by Crippen LogP contribution is -2.30. The molecule has 2 amide bonds. The quantitative estimate of drug-likeness (QED) is 0.578. The number of ether oxygens (including phenoxy) is 1. The molecule has 3 heterocycles. The molecule has 3 aromatic rings. The number of fused-ring (bicyclic) bond motifs is 1. The smallest absolute Gasteiger partial charge is 0.341 e. The number of esters is 1. The van der Waals surface area contributed by atoms with Crippen LogP contribution in [0.15, 0.2) is 47.2 Å². The molecule has 4 rings (SSSR count). The molecule has 1 aliphatic heterocycles. The van der Waals surface area contributed by atoms with Crippen molar-refractivity contribution in [3.63, 3.8) is 0 Å². The minimum Gasteiger partial charge on any atom is -0.462 e. The maximum Gasteiger partial charge on any atom is 0.341 e. The van der Waals surface area contributed by atoms with Crippen LogP contribution >= 0.6 is 22.7 Å². The molecule has 0 fully saturated rings. The molecule has 0 aliphatic carbocycles. The molecule has 1 unspecified atom stereocenters. The van der Waals surface area contributed by atoms with Crippen molar-refractivity contribution in [2.24, 2.45) is 0 Å². The zero-order valence-electron chi connectivity index (χ0n) is 15.6. The van der Waals surface area contributed by atoms with Crippen LogP contribution in [0.2, 0.25) is 0 Å². The molecule has 0 spiro atoms. The van der Waals surface area contributed by atoms with Gasteiger partial charge in [-0.1, -0.05) is 24.3 Å². The third-order valence-electron chi connectivity index (χ3n) is 4.61. The first-order valence-corrected chi connectivity index (χ1v) is 10.9. The van der Waals surface area contributed by atoms with Crippen molar-refractivity contribution >= 4 is 51.1 Å². The SMILES string of the molecule is CCOC(=O)c1c(-c2cccs2)csc1NC(=O)C1CC(=O)Nc2ccccc21. The number of para-hydroxylation sites is 1. The largest absolute Gasteiger partial charge is 0.462 e. The van der Waals surface area contributed by atoms with Gasteiger partial charge in [0.2, 0.25) is 11.8 Å². The van der Waals surface area contributed by atoms with E-state index < -0.39 is 11.9 Å². The Kier molecular flexibility index (Phi) is 5.46. The Hall–Kier alpha value is -2.97. The third-order valence-corrected chi connectivity index (χ3v) is 6.41. The number of thiophene rings is 2. The zero-order chi connectivity index (χ0) is 20.4. The van der Waals surface area contributed by atoms with Crippen LogP contribution in [0.5, 0.6) is 0 Å². The van der Waals surface area contributed by atoms with Gasteiger partial charge in [-0.3, -0.25) is 9.59 Å². The highest BCUT2D eigenvalue weighted by molar-refractivity contribution is 7.17. The molecule has 0 saturated heterocycles. The molecule has 8 heteroatoms. The van der Waals surface area contributed by atoms with Crippen molar-refractivity contribution in [3.8, 4) is 10.4 Å². The second-order valence-corrected chi connectivity index (χ2v) is 8.26. The second-order valence-electron chi connectivity index (χ2n) is 6.43. The number of anilines is 2. The highest BCUT2D eigenvalue weighted by Gasteiger charge is 2.32. The number of rotatable bonds is 5. The number of carbonyl (C=O) groups excluding carboxylic acids is 3. The molecule has 0 radical (unpaired) electrons. The molecular formula is C21H18N2O4S2. The molecule has 1 aromatic carbocycles. The highest BCUT2D eigenvalue weighted by Crippen LogP contribution is 2.39. The summed E-state index contributed by atoms with van der Waals surface area (Å²) in [4.78, 5) is 38.7. The normalized spacial score (nSPS) is 15.3. The first-order valence-electron chi connectivity index (χ1n) is 9.10. The topological polar surface area (TPSA) is 84.5 Å². The minimum atomic E-state index is -0.623. The van der Waals surface area contributed by atoms with E-state index in [9.17, 15) is 14.4 Å². The average Bonchev–Trinajstić information content (AvgIpc) is 3.37. The van der Waals surface area contributed by atoms with E-state index in [0.717, 1.165) is 16.0 Å². The number of amides is 2. The lowest BCUT2D eigenvalue weighted by Gasteiger charge is -2.24. The first-order chi connectivity index (χ1) is 14.1. The number of nitrogens with one attached hydrogen (secondary N) is 2. The van der Waals surface area contributed by atoms with Crippen LogP contribution in [0.4, 0.5) is 10.7 Å². The summed E-state index contributed by atoms with van der Waals surface area (Å²) in [5.41, 5.74) is 2.49. The van der Waals surface area contributed by atoms with Crippen molar-refractivity contribution in [1.82, 2.24) is 0 Å². The van der Waals surface area contributed by atoms with Gasteiger partial charge in [0.1, 0.15) is 10.6 Å². The van der Waals surface area contributed by atoms with Crippen LogP contribution in [0.1, 0.15) is 35.2 Å². The predicted molar refractivity (Wildman–Crippen MR) is 115 cm³/mol. The van der Waals surface area contributed by atoms with Crippen LogP contribution in [0, 0.1) is 0 Å². The fourth-order valence-corrected chi connectivity index (χ4v) is 5.09. The van der Waals surface area contributed by atoms with Gasteiger partial charge in [0.15, 0.2) is 0 Å². The van der Waals surface area contributed by atoms with E-state index in [1.54, 1.807) is 13.0 Å². The van der Waals surface area contributed by atoms with Crippen LogP contribution in [0.25, 0.3) is 10.4 Å². The summed E-state index contributed by atoms with van der Waals surface area (Å²) in [5, 5.41) is 9.86. The third kappa shape index (κ3) is 3.81. The number of carbonyl (C=O) groups is 3. The van der Waals surface area contributed by atoms with Gasteiger partial charge in [0.25, 0.3) is 0 Å². The van der Waals surface area contributed by atoms with E-state index >= 15 is 0 Å². The van der Waals surface area contributed by atoms with Crippen molar-refractivity contribution in [3.05, 3.63) is 58.3 Å². The lowest BCUT2D eigenvalue weighted by molar-refractivity contribution is -0.123. The number of hydrogen-bond donors (Lipinski definition) is 2. The fraction of sp³-hybridized carbons (Fsp3) is 0.190. The minimum absolute atomic E-state index is 0.0563. The van der Waals surface area contributed by atoms with Gasteiger partial charge in [-0.05, 0) is 30.0 Å². The second kappa shape index (κ2) is 8.18. The number of hydrogen-bond acceptors (Lipinski definition) is 6. The van der Waals surface area contributed by atoms with Gasteiger partial charge >= 0.3 is 5.97 Å². The summed E-state index contributed by atoms with van der Waals surface area (Å²) < 4.78 is 5.22. The van der Waals surface area contributed by atoms with Crippen molar-refractivity contribution in [2.45, 2.75) is 19.3 Å². The van der Waals surface area contributed by atoms with Crippen molar-refractivity contribution in [1.29, 1.82) is 0 Å². The molecule has 29 heavy (non-hydrogen) atoms. The molecule has 1 aliphatic rings. The van der Waals surface area contributed by atoms with E-state index in [-0.39, 0.29) is 24.8 Å². The highest BCUT2D eigenvalue weighted by atomic mass is 32.1.